The van der Waals surface area contributed by atoms with Crippen LogP contribution in [0.2, 0.25) is 0 Å². The maximum atomic E-state index is 13.0. The van der Waals surface area contributed by atoms with Crippen LogP contribution in [-0.4, -0.2) is 33.8 Å². The monoisotopic (exact) mass is 444 g/mol. The van der Waals surface area contributed by atoms with Crippen LogP contribution < -0.4 is 10.6 Å². The van der Waals surface area contributed by atoms with Gasteiger partial charge in [0.05, 0.1) is 16.9 Å². The van der Waals surface area contributed by atoms with Gasteiger partial charge in [0.1, 0.15) is 0 Å². The van der Waals surface area contributed by atoms with Crippen molar-refractivity contribution in [1.82, 2.24) is 15.5 Å². The number of anilines is 1. The lowest BCUT2D eigenvalue weighted by atomic mass is 9.95. The largest absolute Gasteiger partial charge is 0.417 e. The summed E-state index contributed by atoms with van der Waals surface area (Å²) in [6.07, 6.45) is 0.787. The SMILES string of the molecule is O=C(CSc1nnc(NC(=O)c2ccccc2C(F)(F)F)s1)NC1CCCCC1. The van der Waals surface area contributed by atoms with E-state index in [2.05, 4.69) is 20.8 Å². The normalized spacial score (nSPS) is 15.1. The Kier molecular flexibility index (Phi) is 7.12. The van der Waals surface area contributed by atoms with Crippen LogP contribution in [0.15, 0.2) is 28.6 Å². The Morgan fingerprint density at radius 1 is 1.14 bits per heavy atom. The number of halogens is 3. The van der Waals surface area contributed by atoms with Gasteiger partial charge in [0.2, 0.25) is 11.0 Å². The summed E-state index contributed by atoms with van der Waals surface area (Å²) in [6.45, 7) is 0. The molecule has 6 nitrogen and oxygen atoms in total. The minimum atomic E-state index is -4.64. The Morgan fingerprint density at radius 3 is 2.59 bits per heavy atom. The Labute approximate surface area is 173 Å². The number of alkyl halides is 3. The average Bonchev–Trinajstić information content (AvgIpc) is 3.14. The fourth-order valence-corrected chi connectivity index (χ4v) is 4.61. The van der Waals surface area contributed by atoms with Crippen LogP contribution in [0, 0.1) is 0 Å². The van der Waals surface area contributed by atoms with E-state index in [1.807, 2.05) is 0 Å². The van der Waals surface area contributed by atoms with Crippen molar-refractivity contribution in [3.8, 4) is 0 Å². The van der Waals surface area contributed by atoms with Gasteiger partial charge in [-0.05, 0) is 25.0 Å². The number of benzene rings is 1. The van der Waals surface area contributed by atoms with E-state index in [-0.39, 0.29) is 22.8 Å². The summed E-state index contributed by atoms with van der Waals surface area (Å²) >= 11 is 2.17. The van der Waals surface area contributed by atoms with E-state index in [1.54, 1.807) is 0 Å². The molecule has 11 heteroatoms. The van der Waals surface area contributed by atoms with E-state index in [1.165, 1.54) is 30.3 Å². The van der Waals surface area contributed by atoms with Crippen molar-refractivity contribution in [2.75, 3.05) is 11.1 Å². The molecular weight excluding hydrogens is 425 g/mol. The third-order valence-electron chi connectivity index (χ3n) is 4.40. The molecular formula is C18H19F3N4O2S2. The van der Waals surface area contributed by atoms with Gasteiger partial charge in [-0.3, -0.25) is 14.9 Å². The molecule has 2 N–H and O–H groups in total. The Hall–Kier alpha value is -2.14. The highest BCUT2D eigenvalue weighted by Gasteiger charge is 2.35. The zero-order chi connectivity index (χ0) is 20.9. The highest BCUT2D eigenvalue weighted by Crippen LogP contribution is 2.32. The van der Waals surface area contributed by atoms with E-state index in [9.17, 15) is 22.8 Å². The summed E-state index contributed by atoms with van der Waals surface area (Å²) in [4.78, 5) is 24.3. The van der Waals surface area contributed by atoms with E-state index in [0.29, 0.717) is 4.34 Å². The zero-order valence-electron chi connectivity index (χ0n) is 15.3. The van der Waals surface area contributed by atoms with Crippen LogP contribution in [0.1, 0.15) is 48.0 Å². The van der Waals surface area contributed by atoms with Crippen molar-refractivity contribution in [3.63, 3.8) is 0 Å². The predicted molar refractivity (Wildman–Crippen MR) is 105 cm³/mol. The molecule has 0 aliphatic heterocycles. The Bertz CT molecular complexity index is 867. The van der Waals surface area contributed by atoms with Crippen molar-refractivity contribution in [1.29, 1.82) is 0 Å². The summed E-state index contributed by atoms with van der Waals surface area (Å²) in [7, 11) is 0. The second-order valence-corrected chi connectivity index (χ2v) is 8.76. The van der Waals surface area contributed by atoms with Gasteiger partial charge in [-0.1, -0.05) is 54.5 Å². The highest BCUT2D eigenvalue weighted by atomic mass is 32.2. The topological polar surface area (TPSA) is 84.0 Å². The molecule has 1 aliphatic carbocycles. The second kappa shape index (κ2) is 9.57. The Balaban J connectivity index is 1.54. The average molecular weight is 445 g/mol. The molecule has 0 unspecified atom stereocenters. The number of aromatic nitrogens is 2. The first kappa shape index (κ1) is 21.6. The molecule has 1 heterocycles. The molecule has 0 spiro atoms. The highest BCUT2D eigenvalue weighted by molar-refractivity contribution is 8.01. The molecule has 0 radical (unpaired) electrons. The summed E-state index contributed by atoms with van der Waals surface area (Å²) < 4.78 is 39.6. The third-order valence-corrected chi connectivity index (χ3v) is 6.37. The van der Waals surface area contributed by atoms with Crippen LogP contribution in [0.3, 0.4) is 0 Å². The van der Waals surface area contributed by atoms with Gasteiger partial charge in [0.15, 0.2) is 4.34 Å². The fraction of sp³-hybridized carbons (Fsp3) is 0.444. The molecule has 1 aromatic heterocycles. The minimum absolute atomic E-state index is 0.0715. The second-order valence-electron chi connectivity index (χ2n) is 6.56. The van der Waals surface area contributed by atoms with Gasteiger partial charge < -0.3 is 5.32 Å². The lowest BCUT2D eigenvalue weighted by Gasteiger charge is -2.22. The predicted octanol–water partition coefficient (Wildman–Crippen LogP) is 4.35. The van der Waals surface area contributed by atoms with Crippen molar-refractivity contribution in [2.24, 2.45) is 0 Å². The van der Waals surface area contributed by atoms with Gasteiger partial charge >= 0.3 is 6.18 Å². The number of hydrogen-bond acceptors (Lipinski definition) is 6. The van der Waals surface area contributed by atoms with E-state index in [0.717, 1.165) is 49.2 Å². The maximum absolute atomic E-state index is 13.0. The number of rotatable bonds is 6. The lowest BCUT2D eigenvalue weighted by molar-refractivity contribution is -0.137. The lowest BCUT2D eigenvalue weighted by Crippen LogP contribution is -2.37. The van der Waals surface area contributed by atoms with Crippen LogP contribution in [0.5, 0.6) is 0 Å². The van der Waals surface area contributed by atoms with Crippen molar-refractivity contribution in [3.05, 3.63) is 35.4 Å². The standard InChI is InChI=1S/C18H19F3N4O2S2/c19-18(20,21)13-9-5-4-8-12(13)15(27)23-16-24-25-17(29-16)28-10-14(26)22-11-6-2-1-3-7-11/h4-5,8-9,11H,1-3,6-7,10H2,(H,22,26)(H,23,24,27). The summed E-state index contributed by atoms with van der Waals surface area (Å²) in [5, 5.41) is 13.0. The number of nitrogens with zero attached hydrogens (tertiary/aromatic N) is 2. The molecule has 1 aliphatic rings. The molecule has 3 rings (SSSR count). The van der Waals surface area contributed by atoms with E-state index in [4.69, 9.17) is 0 Å². The number of carbonyl (C=O) groups is 2. The number of thioether (sulfide) groups is 1. The molecule has 1 fully saturated rings. The molecule has 0 saturated heterocycles. The number of hydrogen-bond donors (Lipinski definition) is 2. The number of nitrogens with one attached hydrogen (secondary N) is 2. The van der Waals surface area contributed by atoms with Gasteiger partial charge in [-0.25, -0.2) is 0 Å². The molecule has 29 heavy (non-hydrogen) atoms. The molecule has 1 aromatic carbocycles. The summed E-state index contributed by atoms with van der Waals surface area (Å²) in [6, 6.07) is 4.75. The van der Waals surface area contributed by atoms with Gasteiger partial charge in [-0.15, -0.1) is 10.2 Å². The zero-order valence-corrected chi connectivity index (χ0v) is 16.9. The van der Waals surface area contributed by atoms with E-state index < -0.39 is 23.2 Å². The van der Waals surface area contributed by atoms with Crippen molar-refractivity contribution < 1.29 is 22.8 Å². The molecule has 1 saturated carbocycles. The first-order valence-corrected chi connectivity index (χ1v) is 10.9. The molecule has 0 bridgehead atoms. The summed E-state index contributed by atoms with van der Waals surface area (Å²) in [5.74, 6) is -0.849. The Morgan fingerprint density at radius 2 is 1.86 bits per heavy atom. The van der Waals surface area contributed by atoms with Gasteiger partial charge in [0.25, 0.3) is 5.91 Å². The molecule has 0 atom stereocenters. The fourth-order valence-electron chi connectivity index (χ4n) is 3.05. The first-order chi connectivity index (χ1) is 13.8. The minimum Gasteiger partial charge on any atom is -0.353 e. The number of amides is 2. The van der Waals surface area contributed by atoms with Crippen LogP contribution in [-0.2, 0) is 11.0 Å². The van der Waals surface area contributed by atoms with Gasteiger partial charge in [-0.2, -0.15) is 13.2 Å². The molecule has 2 amide bonds. The van der Waals surface area contributed by atoms with Crippen LogP contribution in [0.4, 0.5) is 18.3 Å². The third kappa shape index (κ3) is 6.17. The van der Waals surface area contributed by atoms with Crippen LogP contribution >= 0.6 is 23.1 Å². The quantitative estimate of drug-likeness (QED) is 0.511. The summed E-state index contributed by atoms with van der Waals surface area (Å²) in [5.41, 5.74) is -1.51. The smallest absolute Gasteiger partial charge is 0.353 e. The first-order valence-electron chi connectivity index (χ1n) is 9.06. The molecule has 2 aromatic rings. The number of carbonyl (C=O) groups excluding carboxylic acids is 2. The maximum Gasteiger partial charge on any atom is 0.417 e. The van der Waals surface area contributed by atoms with E-state index >= 15 is 0 Å². The van der Waals surface area contributed by atoms with Crippen molar-refractivity contribution in [2.45, 2.75) is 48.7 Å². The molecule has 156 valence electrons. The van der Waals surface area contributed by atoms with Crippen molar-refractivity contribution >= 4 is 40.0 Å². The van der Waals surface area contributed by atoms with Crippen LogP contribution in [0.25, 0.3) is 0 Å². The van der Waals surface area contributed by atoms with Gasteiger partial charge in [0, 0.05) is 6.04 Å².